The molecule has 0 N–H and O–H groups in total. The average Bonchev–Trinajstić information content (AvgIpc) is 3.12. The molecule has 1 fully saturated rings. The lowest BCUT2D eigenvalue weighted by molar-refractivity contribution is 0.0252. The number of amides is 2. The summed E-state index contributed by atoms with van der Waals surface area (Å²) in [5.74, 6) is 0.255. The van der Waals surface area contributed by atoms with Gasteiger partial charge >= 0.3 is 6.09 Å². The number of ether oxygens (including phenoxy) is 1. The van der Waals surface area contributed by atoms with Gasteiger partial charge in [0.2, 0.25) is 5.95 Å². The summed E-state index contributed by atoms with van der Waals surface area (Å²) in [6, 6.07) is -0.109. The number of hydrogen-bond donors (Lipinski definition) is 0. The monoisotopic (exact) mass is 439 g/mol. The summed E-state index contributed by atoms with van der Waals surface area (Å²) in [6.45, 7) is 9.41. The van der Waals surface area contributed by atoms with Crippen molar-refractivity contribution in [1.29, 1.82) is 0 Å². The van der Waals surface area contributed by atoms with Gasteiger partial charge in [0.05, 0.1) is 11.2 Å². The minimum absolute atomic E-state index is 0.109. The number of halogens is 1. The minimum atomic E-state index is -0.564. The molecule has 2 rings (SSSR count). The van der Waals surface area contributed by atoms with Crippen LogP contribution >= 0.6 is 11.6 Å². The Balaban J connectivity index is 2.12. The van der Waals surface area contributed by atoms with Gasteiger partial charge in [-0.15, -0.1) is 0 Å². The number of carbonyl (C=O) groups excluding carboxylic acids is 2. The molecule has 0 unspecified atom stereocenters. The Morgan fingerprint density at radius 3 is 2.67 bits per heavy atom. The first kappa shape index (κ1) is 24.2. The van der Waals surface area contributed by atoms with Gasteiger partial charge < -0.3 is 19.4 Å². The molecule has 2 heterocycles. The van der Waals surface area contributed by atoms with Gasteiger partial charge in [0, 0.05) is 39.8 Å². The topological polar surface area (TPSA) is 78.9 Å². The molecule has 9 heteroatoms. The molecular formula is C21H34ClN5O3. The highest BCUT2D eigenvalue weighted by Crippen LogP contribution is 2.24. The minimum Gasteiger partial charge on any atom is -0.444 e. The van der Waals surface area contributed by atoms with Crippen molar-refractivity contribution < 1.29 is 14.3 Å². The van der Waals surface area contributed by atoms with E-state index in [0.29, 0.717) is 19.0 Å². The first-order chi connectivity index (χ1) is 14.0. The second-order valence-corrected chi connectivity index (χ2v) is 9.20. The zero-order valence-electron chi connectivity index (χ0n) is 18.9. The number of carbonyl (C=O) groups is 2. The molecule has 0 aromatic carbocycles. The highest BCUT2D eigenvalue weighted by molar-refractivity contribution is 6.33. The van der Waals surface area contributed by atoms with E-state index in [9.17, 15) is 9.59 Å². The predicted octanol–water partition coefficient (Wildman–Crippen LogP) is 3.84. The van der Waals surface area contributed by atoms with Gasteiger partial charge in [-0.2, -0.15) is 0 Å². The Hall–Kier alpha value is -2.09. The molecular weight excluding hydrogens is 406 g/mol. The van der Waals surface area contributed by atoms with Gasteiger partial charge in [-0.1, -0.05) is 24.9 Å². The third kappa shape index (κ3) is 6.45. The highest BCUT2D eigenvalue weighted by Gasteiger charge is 2.34. The number of nitrogens with zero attached hydrogens (tertiary/aromatic N) is 5. The number of rotatable bonds is 7. The SMILES string of the molecule is CCCCN(C)c1ncc(Cl)c(C(=O)N2CCC[C@H]2CN(C)C(=O)OC(C)(C)C)n1. The Labute approximate surface area is 184 Å². The maximum atomic E-state index is 13.2. The van der Waals surface area contributed by atoms with E-state index in [2.05, 4.69) is 16.9 Å². The van der Waals surface area contributed by atoms with Crippen molar-refractivity contribution in [3.8, 4) is 0 Å². The summed E-state index contributed by atoms with van der Waals surface area (Å²) < 4.78 is 5.42. The molecule has 0 saturated carbocycles. The molecule has 1 aromatic rings. The second kappa shape index (κ2) is 10.3. The van der Waals surface area contributed by atoms with Crippen LogP contribution in [0, 0.1) is 0 Å². The van der Waals surface area contributed by atoms with E-state index in [4.69, 9.17) is 16.3 Å². The van der Waals surface area contributed by atoms with Crippen LogP contribution in [0.1, 0.15) is 63.9 Å². The Morgan fingerprint density at radius 2 is 2.03 bits per heavy atom. The molecule has 0 radical (unpaired) electrons. The van der Waals surface area contributed by atoms with Crippen molar-refractivity contribution in [2.75, 3.05) is 38.6 Å². The lowest BCUT2D eigenvalue weighted by Crippen LogP contribution is -2.45. The van der Waals surface area contributed by atoms with E-state index in [-0.39, 0.29) is 22.7 Å². The first-order valence-corrected chi connectivity index (χ1v) is 10.9. The fraction of sp³-hybridized carbons (Fsp3) is 0.714. The van der Waals surface area contributed by atoms with Crippen LogP contribution in [0.3, 0.4) is 0 Å². The molecule has 1 aliphatic heterocycles. The van der Waals surface area contributed by atoms with E-state index < -0.39 is 11.7 Å². The Kier molecular flexibility index (Phi) is 8.29. The largest absolute Gasteiger partial charge is 0.444 e. The van der Waals surface area contributed by atoms with Crippen molar-refractivity contribution in [2.45, 2.75) is 65.0 Å². The van der Waals surface area contributed by atoms with Crippen LogP contribution in [0.2, 0.25) is 5.02 Å². The van der Waals surface area contributed by atoms with Crippen LogP contribution < -0.4 is 4.90 Å². The summed E-state index contributed by atoms with van der Waals surface area (Å²) in [4.78, 5) is 39.5. The Bertz CT molecular complexity index is 753. The van der Waals surface area contributed by atoms with Crippen molar-refractivity contribution >= 4 is 29.5 Å². The lowest BCUT2D eigenvalue weighted by Gasteiger charge is -2.30. The molecule has 8 nitrogen and oxygen atoms in total. The summed E-state index contributed by atoms with van der Waals surface area (Å²) >= 11 is 6.28. The number of hydrogen-bond acceptors (Lipinski definition) is 6. The number of likely N-dealkylation sites (N-methyl/N-ethyl adjacent to an activating group) is 1. The molecule has 1 saturated heterocycles. The van der Waals surface area contributed by atoms with Crippen LogP contribution in [0.25, 0.3) is 0 Å². The lowest BCUT2D eigenvalue weighted by atomic mass is 10.2. The summed E-state index contributed by atoms with van der Waals surface area (Å²) in [5, 5.41) is 0.235. The highest BCUT2D eigenvalue weighted by atomic mass is 35.5. The molecule has 30 heavy (non-hydrogen) atoms. The van der Waals surface area contributed by atoms with Gasteiger partial charge in [0.1, 0.15) is 5.60 Å². The van der Waals surface area contributed by atoms with Gasteiger partial charge in [-0.25, -0.2) is 14.8 Å². The van der Waals surface area contributed by atoms with Gasteiger partial charge in [-0.3, -0.25) is 4.79 Å². The molecule has 168 valence electrons. The van der Waals surface area contributed by atoms with Crippen molar-refractivity contribution in [3.05, 3.63) is 16.9 Å². The first-order valence-electron chi connectivity index (χ1n) is 10.5. The van der Waals surface area contributed by atoms with Crippen LogP contribution in [-0.2, 0) is 4.74 Å². The molecule has 2 amide bonds. The Morgan fingerprint density at radius 1 is 1.33 bits per heavy atom. The molecule has 1 atom stereocenters. The van der Waals surface area contributed by atoms with Crippen molar-refractivity contribution in [1.82, 2.24) is 19.8 Å². The van der Waals surface area contributed by atoms with Crippen molar-refractivity contribution in [3.63, 3.8) is 0 Å². The quantitative estimate of drug-likeness (QED) is 0.642. The number of aromatic nitrogens is 2. The van der Waals surface area contributed by atoms with Crippen LogP contribution in [0.5, 0.6) is 0 Å². The number of likely N-dealkylation sites (tertiary alicyclic amines) is 1. The van der Waals surface area contributed by atoms with E-state index in [1.165, 1.54) is 11.1 Å². The zero-order valence-corrected chi connectivity index (χ0v) is 19.7. The van der Waals surface area contributed by atoms with E-state index in [1.807, 2.05) is 32.7 Å². The average molecular weight is 440 g/mol. The van der Waals surface area contributed by atoms with Crippen molar-refractivity contribution in [2.24, 2.45) is 0 Å². The summed E-state index contributed by atoms with van der Waals surface area (Å²) in [6.07, 6.45) is 4.83. The second-order valence-electron chi connectivity index (χ2n) is 8.80. The molecule has 1 aliphatic rings. The van der Waals surface area contributed by atoms with E-state index >= 15 is 0 Å². The van der Waals surface area contributed by atoms with Gasteiger partial charge in [-0.05, 0) is 40.0 Å². The zero-order chi connectivity index (χ0) is 22.5. The standard InChI is InChI=1S/C21H34ClN5O3/c1-7-8-11-25(5)19-23-13-16(22)17(24-19)18(28)27-12-9-10-15(27)14-26(6)20(29)30-21(2,3)4/h13,15H,7-12,14H2,1-6H3/t15-/m0/s1. The van der Waals surface area contributed by atoms with Gasteiger partial charge in [0.25, 0.3) is 5.91 Å². The van der Waals surface area contributed by atoms with Crippen LogP contribution in [0.4, 0.5) is 10.7 Å². The normalized spacial score (nSPS) is 16.5. The number of anilines is 1. The third-order valence-electron chi connectivity index (χ3n) is 4.95. The van der Waals surface area contributed by atoms with Gasteiger partial charge in [0.15, 0.2) is 5.69 Å². The third-order valence-corrected chi connectivity index (χ3v) is 5.23. The fourth-order valence-electron chi connectivity index (χ4n) is 3.35. The van der Waals surface area contributed by atoms with E-state index in [1.54, 1.807) is 11.9 Å². The molecule has 1 aromatic heterocycles. The maximum absolute atomic E-state index is 13.2. The molecule has 0 bridgehead atoms. The predicted molar refractivity (Wildman–Crippen MR) is 118 cm³/mol. The summed E-state index contributed by atoms with van der Waals surface area (Å²) in [7, 11) is 3.59. The maximum Gasteiger partial charge on any atom is 0.410 e. The fourth-order valence-corrected chi connectivity index (χ4v) is 3.52. The smallest absolute Gasteiger partial charge is 0.410 e. The molecule has 0 spiro atoms. The molecule has 0 aliphatic carbocycles. The number of unbranched alkanes of at least 4 members (excludes halogenated alkanes) is 1. The van der Waals surface area contributed by atoms with Crippen LogP contribution in [-0.4, -0.2) is 77.1 Å². The van der Waals surface area contributed by atoms with Crippen LogP contribution in [0.15, 0.2) is 6.20 Å². The summed E-state index contributed by atoms with van der Waals surface area (Å²) in [5.41, 5.74) is -0.359. The van der Waals surface area contributed by atoms with E-state index in [0.717, 1.165) is 32.2 Å².